The van der Waals surface area contributed by atoms with Gasteiger partial charge in [-0.3, -0.25) is 19.8 Å². The number of halogens is 3. The highest BCUT2D eigenvalue weighted by atomic mass is 79.9. The Morgan fingerprint density at radius 3 is 2.50 bits per heavy atom. The van der Waals surface area contributed by atoms with E-state index in [2.05, 4.69) is 21.2 Å². The summed E-state index contributed by atoms with van der Waals surface area (Å²) in [5.41, 5.74) is 1.80. The van der Waals surface area contributed by atoms with Gasteiger partial charge >= 0.3 is 0 Å². The average Bonchev–Trinajstić information content (AvgIpc) is 2.83. The maximum atomic E-state index is 13.2. The molecule has 0 unspecified atom stereocenters. The third kappa shape index (κ3) is 5.73. The monoisotopic (exact) mass is 604 g/mol. The zero-order valence-electron chi connectivity index (χ0n) is 18.9. The summed E-state index contributed by atoms with van der Waals surface area (Å²) in [6, 6.07) is 17.5. The van der Waals surface area contributed by atoms with Gasteiger partial charge in [-0.15, -0.1) is 0 Å². The number of carbonyl (C=O) groups excluding carboxylic acids is 2. The Balaban J connectivity index is 1.66. The first-order valence-electron chi connectivity index (χ1n) is 10.8. The molecule has 36 heavy (non-hydrogen) atoms. The Kier molecular flexibility index (Phi) is 8.31. The molecule has 0 bridgehead atoms. The first-order valence-corrected chi connectivity index (χ1v) is 12.7. The normalized spacial score (nSPS) is 14.7. The first kappa shape index (κ1) is 26.2. The molecule has 184 valence electrons. The molecule has 3 aromatic carbocycles. The van der Waals surface area contributed by atoms with E-state index >= 15 is 0 Å². The molecule has 2 amide bonds. The Morgan fingerprint density at radius 2 is 1.81 bits per heavy atom. The minimum Gasteiger partial charge on any atom is -0.490 e. The molecule has 1 N–H and O–H groups in total. The molecule has 1 aliphatic rings. The van der Waals surface area contributed by atoms with E-state index in [0.717, 1.165) is 5.56 Å². The minimum atomic E-state index is -0.580. The topological polar surface area (TPSA) is 67.9 Å². The SMILES string of the molecule is CCOc1cc(/C=C2/C(=O)NC(=S)N(c3ccccc3)C2=O)cc(Br)c1OCc1ccc(Cl)cc1Cl. The zero-order valence-corrected chi connectivity index (χ0v) is 22.8. The third-order valence-corrected chi connectivity index (χ3v) is 6.61. The number of thiocarbonyl (C=S) groups is 1. The van der Waals surface area contributed by atoms with Crippen molar-refractivity contribution in [3.63, 3.8) is 0 Å². The van der Waals surface area contributed by atoms with Crippen molar-refractivity contribution >= 4 is 80.0 Å². The van der Waals surface area contributed by atoms with Crippen LogP contribution in [0.25, 0.3) is 6.08 Å². The number of amides is 2. The molecule has 0 aromatic heterocycles. The third-order valence-electron chi connectivity index (χ3n) is 5.15. The smallest absolute Gasteiger partial charge is 0.270 e. The fourth-order valence-corrected chi connectivity index (χ4v) is 4.82. The summed E-state index contributed by atoms with van der Waals surface area (Å²) in [6.45, 7) is 2.40. The number of anilines is 1. The van der Waals surface area contributed by atoms with E-state index in [1.165, 1.54) is 11.0 Å². The van der Waals surface area contributed by atoms with E-state index < -0.39 is 11.8 Å². The maximum absolute atomic E-state index is 13.2. The second kappa shape index (κ2) is 11.4. The lowest BCUT2D eigenvalue weighted by molar-refractivity contribution is -0.122. The molecule has 0 spiro atoms. The summed E-state index contributed by atoms with van der Waals surface area (Å²) < 4.78 is 12.4. The van der Waals surface area contributed by atoms with Crippen LogP contribution in [0.1, 0.15) is 18.1 Å². The lowest BCUT2D eigenvalue weighted by Crippen LogP contribution is -2.54. The van der Waals surface area contributed by atoms with Gasteiger partial charge in [0, 0.05) is 15.6 Å². The summed E-state index contributed by atoms with van der Waals surface area (Å²) in [7, 11) is 0. The standard InChI is InChI=1S/C26H19BrCl2N2O4S/c1-2-34-22-12-15(11-20(27)23(22)35-14-16-8-9-17(28)13-21(16)29)10-19-24(32)30-26(36)31(25(19)33)18-6-4-3-5-7-18/h3-13H,2,14H2,1H3,(H,30,32,36)/b19-10-. The van der Waals surface area contributed by atoms with Crippen LogP contribution in [0, 0.1) is 0 Å². The van der Waals surface area contributed by atoms with E-state index in [4.69, 9.17) is 44.9 Å². The molecule has 0 radical (unpaired) electrons. The van der Waals surface area contributed by atoms with Gasteiger partial charge in [0.05, 0.1) is 16.8 Å². The highest BCUT2D eigenvalue weighted by molar-refractivity contribution is 9.10. The Labute approximate surface area is 231 Å². The molecule has 0 atom stereocenters. The van der Waals surface area contributed by atoms with Crippen LogP contribution in [0.4, 0.5) is 5.69 Å². The second-order valence-corrected chi connectivity index (χ2v) is 9.67. The number of hydrogen-bond donors (Lipinski definition) is 1. The minimum absolute atomic E-state index is 0.0224. The number of hydrogen-bond acceptors (Lipinski definition) is 5. The van der Waals surface area contributed by atoms with Gasteiger partial charge in [-0.05, 0) is 83.1 Å². The molecule has 1 heterocycles. The number of nitrogens with one attached hydrogen (secondary N) is 1. The number of nitrogens with zero attached hydrogens (tertiary/aromatic N) is 1. The van der Waals surface area contributed by atoms with Crippen LogP contribution in [0.5, 0.6) is 11.5 Å². The molecule has 0 aliphatic carbocycles. The predicted molar refractivity (Wildman–Crippen MR) is 149 cm³/mol. The first-order chi connectivity index (χ1) is 17.3. The van der Waals surface area contributed by atoms with Gasteiger partial charge in [0.15, 0.2) is 16.6 Å². The van der Waals surface area contributed by atoms with Crippen molar-refractivity contribution in [2.45, 2.75) is 13.5 Å². The van der Waals surface area contributed by atoms with Gasteiger partial charge < -0.3 is 9.47 Å². The number of para-hydroxylation sites is 1. The molecule has 1 aliphatic heterocycles. The molecule has 10 heteroatoms. The molecular formula is C26H19BrCl2N2O4S. The summed E-state index contributed by atoms with van der Waals surface area (Å²) in [5, 5.41) is 3.62. The van der Waals surface area contributed by atoms with Crippen molar-refractivity contribution in [1.29, 1.82) is 0 Å². The van der Waals surface area contributed by atoms with E-state index in [-0.39, 0.29) is 17.3 Å². The number of carbonyl (C=O) groups is 2. The van der Waals surface area contributed by atoms with Gasteiger partial charge in [-0.25, -0.2) is 0 Å². The number of ether oxygens (including phenoxy) is 2. The molecular weight excluding hydrogens is 587 g/mol. The quantitative estimate of drug-likeness (QED) is 0.188. The Morgan fingerprint density at radius 1 is 1.06 bits per heavy atom. The van der Waals surface area contributed by atoms with Crippen molar-refractivity contribution in [3.8, 4) is 11.5 Å². The molecule has 1 fully saturated rings. The number of benzene rings is 3. The van der Waals surface area contributed by atoms with Gasteiger partial charge in [0.2, 0.25) is 0 Å². The lowest BCUT2D eigenvalue weighted by Gasteiger charge is -2.28. The van der Waals surface area contributed by atoms with Gasteiger partial charge in [-0.1, -0.05) is 47.5 Å². The molecule has 0 saturated carbocycles. The van der Waals surface area contributed by atoms with E-state index in [1.807, 2.05) is 13.0 Å². The van der Waals surface area contributed by atoms with Crippen LogP contribution in [0.3, 0.4) is 0 Å². The van der Waals surface area contributed by atoms with Crippen LogP contribution < -0.4 is 19.7 Å². The average molecular weight is 606 g/mol. The molecule has 4 rings (SSSR count). The zero-order chi connectivity index (χ0) is 25.8. The summed E-state index contributed by atoms with van der Waals surface area (Å²) >= 11 is 21.0. The summed E-state index contributed by atoms with van der Waals surface area (Å²) in [6.07, 6.45) is 1.49. The van der Waals surface area contributed by atoms with Crippen molar-refractivity contribution in [2.24, 2.45) is 0 Å². The van der Waals surface area contributed by atoms with Crippen molar-refractivity contribution in [3.05, 3.63) is 91.9 Å². The molecule has 3 aromatic rings. The van der Waals surface area contributed by atoms with E-state index in [9.17, 15) is 9.59 Å². The van der Waals surface area contributed by atoms with E-state index in [0.29, 0.717) is 43.9 Å². The largest absolute Gasteiger partial charge is 0.490 e. The van der Waals surface area contributed by atoms with Crippen LogP contribution in [-0.4, -0.2) is 23.5 Å². The highest BCUT2D eigenvalue weighted by Crippen LogP contribution is 2.39. The maximum Gasteiger partial charge on any atom is 0.270 e. The van der Waals surface area contributed by atoms with Crippen molar-refractivity contribution < 1.29 is 19.1 Å². The van der Waals surface area contributed by atoms with Gasteiger partial charge in [0.1, 0.15) is 12.2 Å². The van der Waals surface area contributed by atoms with Crippen LogP contribution in [0.15, 0.2) is 70.7 Å². The predicted octanol–water partition coefficient (Wildman–Crippen LogP) is 6.56. The molecule has 1 saturated heterocycles. The Bertz CT molecular complexity index is 1380. The number of rotatable bonds is 7. The van der Waals surface area contributed by atoms with Crippen LogP contribution in [-0.2, 0) is 16.2 Å². The van der Waals surface area contributed by atoms with Gasteiger partial charge in [0.25, 0.3) is 11.8 Å². The fraction of sp³-hybridized carbons (Fsp3) is 0.115. The second-order valence-electron chi connectivity index (χ2n) is 7.58. The van der Waals surface area contributed by atoms with E-state index in [1.54, 1.807) is 54.6 Å². The van der Waals surface area contributed by atoms with Crippen molar-refractivity contribution in [1.82, 2.24) is 5.32 Å². The van der Waals surface area contributed by atoms with Gasteiger partial charge in [-0.2, -0.15) is 0 Å². The summed E-state index contributed by atoms with van der Waals surface area (Å²) in [5.74, 6) is -0.217. The van der Waals surface area contributed by atoms with Crippen LogP contribution in [0.2, 0.25) is 10.0 Å². The lowest BCUT2D eigenvalue weighted by atomic mass is 10.1. The van der Waals surface area contributed by atoms with Crippen molar-refractivity contribution in [2.75, 3.05) is 11.5 Å². The summed E-state index contributed by atoms with van der Waals surface area (Å²) in [4.78, 5) is 27.2. The molecule has 6 nitrogen and oxygen atoms in total. The van der Waals surface area contributed by atoms with Crippen LogP contribution >= 0.6 is 51.3 Å². The highest BCUT2D eigenvalue weighted by Gasteiger charge is 2.34. The fourth-order valence-electron chi connectivity index (χ4n) is 3.50. The Hall–Kier alpha value is -2.91.